The van der Waals surface area contributed by atoms with Gasteiger partial charge in [0.05, 0.1) is 18.0 Å². The minimum absolute atomic E-state index is 0.0527. The lowest BCUT2D eigenvalue weighted by Gasteiger charge is -2.34. The second-order valence-electron chi connectivity index (χ2n) is 5.40. The van der Waals surface area contributed by atoms with Crippen molar-refractivity contribution in [2.45, 2.75) is 31.8 Å². The molecule has 1 aromatic rings. The zero-order valence-electron chi connectivity index (χ0n) is 12.2. The predicted octanol–water partition coefficient (Wildman–Crippen LogP) is 1.26. The predicted molar refractivity (Wildman–Crippen MR) is 86.5 cm³/mol. The van der Waals surface area contributed by atoms with E-state index in [0.717, 1.165) is 0 Å². The summed E-state index contributed by atoms with van der Waals surface area (Å²) in [5, 5.41) is 0. The van der Waals surface area contributed by atoms with Crippen molar-refractivity contribution in [3.8, 4) is 0 Å². The van der Waals surface area contributed by atoms with Crippen LogP contribution in [0.3, 0.4) is 0 Å². The molecule has 0 amide bonds. The first-order valence-corrected chi connectivity index (χ1v) is 8.81. The number of ether oxygens (including phenoxy) is 1. The van der Waals surface area contributed by atoms with Gasteiger partial charge in [0.2, 0.25) is 10.0 Å². The van der Waals surface area contributed by atoms with E-state index in [-0.39, 0.29) is 22.9 Å². The van der Waals surface area contributed by atoms with E-state index < -0.39 is 10.0 Å². The standard InChI is InChI=1S/C14H20N2O3S2/c1-10-7-16(8-11(2)19-10)21(17,18)9-12-4-3-5-13(6-12)14(15)20/h3-6,10-11H,7-9H2,1-2H3,(H2,15,20)/t10-,11+. The number of nitrogens with two attached hydrogens (primary N) is 1. The molecular weight excluding hydrogens is 308 g/mol. The molecule has 2 N–H and O–H groups in total. The summed E-state index contributed by atoms with van der Waals surface area (Å²) in [6.07, 6.45) is -0.182. The second kappa shape index (κ2) is 6.39. The van der Waals surface area contributed by atoms with Crippen molar-refractivity contribution in [1.29, 1.82) is 0 Å². The Morgan fingerprint density at radius 3 is 2.57 bits per heavy atom. The lowest BCUT2D eigenvalue weighted by molar-refractivity contribution is -0.0441. The molecule has 0 aliphatic carbocycles. The molecule has 0 bridgehead atoms. The molecule has 0 unspecified atom stereocenters. The van der Waals surface area contributed by atoms with Gasteiger partial charge in [-0.05, 0) is 25.5 Å². The molecule has 1 fully saturated rings. The third-order valence-corrected chi connectivity index (χ3v) is 5.36. The van der Waals surface area contributed by atoms with Crippen LogP contribution in [-0.2, 0) is 20.5 Å². The summed E-state index contributed by atoms with van der Waals surface area (Å²) in [6.45, 7) is 4.54. The van der Waals surface area contributed by atoms with Crippen molar-refractivity contribution in [2.75, 3.05) is 13.1 Å². The van der Waals surface area contributed by atoms with Crippen LogP contribution in [0.5, 0.6) is 0 Å². The van der Waals surface area contributed by atoms with Gasteiger partial charge < -0.3 is 10.5 Å². The Balaban J connectivity index is 2.17. The van der Waals surface area contributed by atoms with E-state index in [1.165, 1.54) is 4.31 Å². The molecule has 5 nitrogen and oxygen atoms in total. The van der Waals surface area contributed by atoms with Gasteiger partial charge in [0, 0.05) is 18.7 Å². The van der Waals surface area contributed by atoms with Gasteiger partial charge in [-0.1, -0.05) is 30.4 Å². The molecule has 0 aromatic heterocycles. The lowest BCUT2D eigenvalue weighted by atomic mass is 10.1. The highest BCUT2D eigenvalue weighted by Gasteiger charge is 2.31. The monoisotopic (exact) mass is 328 g/mol. The van der Waals surface area contributed by atoms with Crippen LogP contribution in [0.15, 0.2) is 24.3 Å². The van der Waals surface area contributed by atoms with Gasteiger partial charge in [0.15, 0.2) is 0 Å². The fraction of sp³-hybridized carbons (Fsp3) is 0.500. The lowest BCUT2D eigenvalue weighted by Crippen LogP contribution is -2.48. The average molecular weight is 328 g/mol. The van der Waals surface area contributed by atoms with Gasteiger partial charge in [-0.3, -0.25) is 0 Å². The van der Waals surface area contributed by atoms with Gasteiger partial charge in [-0.15, -0.1) is 0 Å². The quantitative estimate of drug-likeness (QED) is 0.843. The van der Waals surface area contributed by atoms with Gasteiger partial charge in [-0.2, -0.15) is 4.31 Å². The van der Waals surface area contributed by atoms with Crippen molar-refractivity contribution in [3.63, 3.8) is 0 Å². The summed E-state index contributed by atoms with van der Waals surface area (Å²) in [4.78, 5) is 0.267. The summed E-state index contributed by atoms with van der Waals surface area (Å²) in [5.41, 5.74) is 6.95. The number of nitrogens with zero attached hydrogens (tertiary/aromatic N) is 1. The molecule has 2 rings (SSSR count). The van der Waals surface area contributed by atoms with Gasteiger partial charge in [0.1, 0.15) is 4.99 Å². The number of morpholine rings is 1. The third-order valence-electron chi connectivity index (χ3n) is 3.34. The van der Waals surface area contributed by atoms with Crippen LogP contribution in [0.4, 0.5) is 0 Å². The maximum absolute atomic E-state index is 12.5. The van der Waals surface area contributed by atoms with Crippen LogP contribution in [0.1, 0.15) is 25.0 Å². The molecule has 1 aromatic carbocycles. The van der Waals surface area contributed by atoms with Crippen LogP contribution in [0.25, 0.3) is 0 Å². The number of hydrogen-bond donors (Lipinski definition) is 1. The van der Waals surface area contributed by atoms with Crippen LogP contribution < -0.4 is 5.73 Å². The average Bonchev–Trinajstić information content (AvgIpc) is 2.37. The Morgan fingerprint density at radius 1 is 1.38 bits per heavy atom. The van der Waals surface area contributed by atoms with Crippen molar-refractivity contribution < 1.29 is 13.2 Å². The Hall–Kier alpha value is -1.02. The van der Waals surface area contributed by atoms with E-state index >= 15 is 0 Å². The van der Waals surface area contributed by atoms with Gasteiger partial charge >= 0.3 is 0 Å². The van der Waals surface area contributed by atoms with Gasteiger partial charge in [0.25, 0.3) is 0 Å². The summed E-state index contributed by atoms with van der Waals surface area (Å²) in [6, 6.07) is 7.04. The fourth-order valence-corrected chi connectivity index (χ4v) is 4.26. The zero-order valence-corrected chi connectivity index (χ0v) is 13.8. The molecule has 0 radical (unpaired) electrons. The molecule has 1 saturated heterocycles. The number of hydrogen-bond acceptors (Lipinski definition) is 4. The molecular formula is C14H20N2O3S2. The molecule has 116 valence electrons. The highest BCUT2D eigenvalue weighted by atomic mass is 32.2. The highest BCUT2D eigenvalue weighted by molar-refractivity contribution is 7.88. The maximum Gasteiger partial charge on any atom is 0.218 e. The largest absolute Gasteiger partial charge is 0.389 e. The Kier molecular flexibility index (Phi) is 4.98. The molecule has 7 heteroatoms. The van der Waals surface area contributed by atoms with Crippen molar-refractivity contribution >= 4 is 27.2 Å². The normalized spacial score (nSPS) is 23.9. The number of rotatable bonds is 4. The minimum atomic E-state index is -3.38. The summed E-state index contributed by atoms with van der Waals surface area (Å²) >= 11 is 4.92. The van der Waals surface area contributed by atoms with Crippen molar-refractivity contribution in [1.82, 2.24) is 4.31 Å². The summed E-state index contributed by atoms with van der Waals surface area (Å²) in [7, 11) is -3.38. The first kappa shape index (κ1) is 16.4. The molecule has 1 heterocycles. The molecule has 0 spiro atoms. The maximum atomic E-state index is 12.5. The Bertz CT molecular complexity index is 621. The first-order chi connectivity index (χ1) is 9.78. The van der Waals surface area contributed by atoms with Gasteiger partial charge in [-0.25, -0.2) is 8.42 Å². The minimum Gasteiger partial charge on any atom is -0.389 e. The molecule has 1 aliphatic rings. The second-order valence-corrected chi connectivity index (χ2v) is 7.80. The fourth-order valence-electron chi connectivity index (χ4n) is 2.47. The molecule has 21 heavy (non-hydrogen) atoms. The van der Waals surface area contributed by atoms with Crippen LogP contribution in [-0.4, -0.2) is 43.0 Å². The van der Waals surface area contributed by atoms with Crippen molar-refractivity contribution in [2.24, 2.45) is 5.73 Å². The first-order valence-electron chi connectivity index (χ1n) is 6.80. The topological polar surface area (TPSA) is 72.6 Å². The smallest absolute Gasteiger partial charge is 0.218 e. The van der Waals surface area contributed by atoms with E-state index in [2.05, 4.69) is 0 Å². The summed E-state index contributed by atoms with van der Waals surface area (Å²) < 4.78 is 32.1. The van der Waals surface area contributed by atoms with E-state index in [9.17, 15) is 8.42 Å². The van der Waals surface area contributed by atoms with Crippen molar-refractivity contribution in [3.05, 3.63) is 35.4 Å². The van der Waals surface area contributed by atoms with E-state index in [0.29, 0.717) is 24.2 Å². The van der Waals surface area contributed by atoms with Crippen LogP contribution in [0, 0.1) is 0 Å². The van der Waals surface area contributed by atoms with E-state index in [4.69, 9.17) is 22.7 Å². The number of thiocarbonyl (C=S) groups is 1. The molecule has 1 aliphatic heterocycles. The Morgan fingerprint density at radius 2 is 2.00 bits per heavy atom. The highest BCUT2D eigenvalue weighted by Crippen LogP contribution is 2.18. The van der Waals surface area contributed by atoms with Crippen LogP contribution >= 0.6 is 12.2 Å². The third kappa shape index (κ3) is 4.23. The van der Waals surface area contributed by atoms with E-state index in [1.54, 1.807) is 24.3 Å². The SMILES string of the molecule is C[C@@H]1CN(S(=O)(=O)Cc2cccc(C(N)=S)c2)C[C@H](C)O1. The molecule has 0 saturated carbocycles. The number of benzene rings is 1. The molecule has 2 atom stereocenters. The number of sulfonamides is 1. The van der Waals surface area contributed by atoms with E-state index in [1.807, 2.05) is 13.8 Å². The van der Waals surface area contributed by atoms with Crippen LogP contribution in [0.2, 0.25) is 0 Å². The zero-order chi connectivity index (χ0) is 15.6. The Labute approximate surface area is 131 Å². The summed E-state index contributed by atoms with van der Waals surface area (Å²) in [5.74, 6) is -0.0527.